The predicted molar refractivity (Wildman–Crippen MR) is 63.5 cm³/mol. The highest BCUT2D eigenvalue weighted by molar-refractivity contribution is 5.90. The van der Waals surface area contributed by atoms with Crippen molar-refractivity contribution in [2.75, 3.05) is 6.61 Å². The number of unbranched alkanes of at least 4 members (excludes halogenated alkanes) is 1. The van der Waals surface area contributed by atoms with Gasteiger partial charge in [0.25, 0.3) is 0 Å². The van der Waals surface area contributed by atoms with E-state index in [9.17, 15) is 4.79 Å². The molecular weight excluding hydrogens is 202 g/mol. The summed E-state index contributed by atoms with van der Waals surface area (Å²) in [6, 6.07) is 3.66. The second kappa shape index (κ2) is 6.26. The maximum Gasteiger partial charge on any atom is 0.339 e. The van der Waals surface area contributed by atoms with Crippen molar-refractivity contribution in [2.45, 2.75) is 40.0 Å². The fourth-order valence-electron chi connectivity index (χ4n) is 1.54. The molecule has 0 fully saturated rings. The second-order valence-electron chi connectivity index (χ2n) is 3.77. The van der Waals surface area contributed by atoms with Gasteiger partial charge in [0.1, 0.15) is 0 Å². The number of aromatic nitrogens is 1. The fourth-order valence-corrected chi connectivity index (χ4v) is 1.54. The summed E-state index contributed by atoms with van der Waals surface area (Å²) in [7, 11) is 0. The molecule has 88 valence electrons. The third-order valence-corrected chi connectivity index (χ3v) is 2.38. The van der Waals surface area contributed by atoms with Crippen LogP contribution in [0.15, 0.2) is 12.1 Å². The summed E-state index contributed by atoms with van der Waals surface area (Å²) in [5, 5.41) is 0. The van der Waals surface area contributed by atoms with E-state index in [1.54, 1.807) is 0 Å². The summed E-state index contributed by atoms with van der Waals surface area (Å²) in [6.45, 7) is 6.27. The third-order valence-electron chi connectivity index (χ3n) is 2.38. The Balaban J connectivity index is 2.92. The fraction of sp³-hybridized carbons (Fsp3) is 0.538. The molecule has 3 nitrogen and oxygen atoms in total. The number of esters is 1. The molecule has 1 aromatic rings. The Labute approximate surface area is 96.8 Å². The van der Waals surface area contributed by atoms with E-state index in [4.69, 9.17) is 4.74 Å². The van der Waals surface area contributed by atoms with Gasteiger partial charge in [0.15, 0.2) is 0 Å². The zero-order valence-corrected chi connectivity index (χ0v) is 10.2. The largest absolute Gasteiger partial charge is 0.462 e. The van der Waals surface area contributed by atoms with E-state index < -0.39 is 0 Å². The van der Waals surface area contributed by atoms with Gasteiger partial charge in [-0.3, -0.25) is 4.98 Å². The maximum absolute atomic E-state index is 11.7. The molecule has 3 heteroatoms. The summed E-state index contributed by atoms with van der Waals surface area (Å²) >= 11 is 0. The van der Waals surface area contributed by atoms with Crippen molar-refractivity contribution in [3.8, 4) is 0 Å². The smallest absolute Gasteiger partial charge is 0.339 e. The average molecular weight is 221 g/mol. The van der Waals surface area contributed by atoms with Gasteiger partial charge in [-0.25, -0.2) is 4.79 Å². The van der Waals surface area contributed by atoms with Crippen molar-refractivity contribution < 1.29 is 9.53 Å². The standard InChI is InChI=1S/C13H19NO2/c1-4-6-7-12-11(13(15)16-5-2)9-8-10(3)14-12/h8-9H,4-7H2,1-3H3. The number of pyridine rings is 1. The van der Waals surface area contributed by atoms with Gasteiger partial charge in [-0.1, -0.05) is 13.3 Å². The maximum atomic E-state index is 11.7. The molecule has 0 amide bonds. The van der Waals surface area contributed by atoms with E-state index in [1.165, 1.54) is 0 Å². The van der Waals surface area contributed by atoms with E-state index in [0.717, 1.165) is 30.7 Å². The number of hydrogen-bond acceptors (Lipinski definition) is 3. The van der Waals surface area contributed by atoms with Crippen molar-refractivity contribution in [3.05, 3.63) is 29.1 Å². The van der Waals surface area contributed by atoms with Gasteiger partial charge in [0, 0.05) is 5.69 Å². The summed E-state index contributed by atoms with van der Waals surface area (Å²) in [5.41, 5.74) is 2.42. The second-order valence-corrected chi connectivity index (χ2v) is 3.77. The van der Waals surface area contributed by atoms with Crippen LogP contribution in [0.5, 0.6) is 0 Å². The van der Waals surface area contributed by atoms with Crippen LogP contribution >= 0.6 is 0 Å². The molecule has 0 radical (unpaired) electrons. The minimum Gasteiger partial charge on any atom is -0.462 e. The lowest BCUT2D eigenvalue weighted by Gasteiger charge is -2.08. The van der Waals surface area contributed by atoms with Crippen molar-refractivity contribution in [1.82, 2.24) is 4.98 Å². The first-order chi connectivity index (χ1) is 7.69. The van der Waals surface area contributed by atoms with Crippen LogP contribution in [0.2, 0.25) is 0 Å². The molecule has 0 unspecified atom stereocenters. The summed E-state index contributed by atoms with van der Waals surface area (Å²) in [6.07, 6.45) is 2.98. The van der Waals surface area contributed by atoms with Crippen LogP contribution in [0.3, 0.4) is 0 Å². The molecular formula is C13H19NO2. The van der Waals surface area contributed by atoms with Crippen LogP contribution in [-0.4, -0.2) is 17.6 Å². The average Bonchev–Trinajstić information content (AvgIpc) is 2.26. The van der Waals surface area contributed by atoms with Crippen LogP contribution in [0.25, 0.3) is 0 Å². The number of aryl methyl sites for hydroxylation is 2. The van der Waals surface area contributed by atoms with Gasteiger partial charge in [-0.05, 0) is 38.8 Å². The highest BCUT2D eigenvalue weighted by Crippen LogP contribution is 2.12. The van der Waals surface area contributed by atoms with Crippen LogP contribution in [-0.2, 0) is 11.2 Å². The minimum absolute atomic E-state index is 0.263. The van der Waals surface area contributed by atoms with Gasteiger partial charge < -0.3 is 4.74 Å². The molecule has 0 aromatic carbocycles. The Bertz CT molecular complexity index is 361. The number of hydrogen-bond donors (Lipinski definition) is 0. The summed E-state index contributed by atoms with van der Waals surface area (Å²) < 4.78 is 5.01. The zero-order valence-electron chi connectivity index (χ0n) is 10.2. The van der Waals surface area contributed by atoms with Gasteiger partial charge in [0.05, 0.1) is 17.9 Å². The predicted octanol–water partition coefficient (Wildman–Crippen LogP) is 2.91. The Morgan fingerprint density at radius 3 is 2.75 bits per heavy atom. The molecule has 1 aromatic heterocycles. The molecule has 0 atom stereocenters. The van der Waals surface area contributed by atoms with Gasteiger partial charge in [0.2, 0.25) is 0 Å². The van der Waals surface area contributed by atoms with Gasteiger partial charge >= 0.3 is 5.97 Å². The summed E-state index contributed by atoms with van der Waals surface area (Å²) in [4.78, 5) is 16.1. The van der Waals surface area contributed by atoms with E-state index in [0.29, 0.717) is 12.2 Å². The number of ether oxygens (including phenoxy) is 1. The van der Waals surface area contributed by atoms with Crippen molar-refractivity contribution in [1.29, 1.82) is 0 Å². The number of carbonyl (C=O) groups is 1. The normalized spacial score (nSPS) is 10.2. The molecule has 0 bridgehead atoms. The molecule has 0 aliphatic heterocycles. The Kier molecular flexibility index (Phi) is 4.96. The molecule has 0 saturated heterocycles. The number of carbonyl (C=O) groups excluding carboxylic acids is 1. The molecule has 0 saturated carbocycles. The van der Waals surface area contributed by atoms with Crippen LogP contribution in [0.4, 0.5) is 0 Å². The van der Waals surface area contributed by atoms with Gasteiger partial charge in [-0.2, -0.15) is 0 Å². The third kappa shape index (κ3) is 3.33. The van der Waals surface area contributed by atoms with E-state index in [2.05, 4.69) is 11.9 Å². The topological polar surface area (TPSA) is 39.2 Å². The molecule has 0 N–H and O–H groups in total. The van der Waals surface area contributed by atoms with Crippen LogP contribution in [0, 0.1) is 6.92 Å². The number of nitrogens with zero attached hydrogens (tertiary/aromatic N) is 1. The van der Waals surface area contributed by atoms with Crippen molar-refractivity contribution in [2.24, 2.45) is 0 Å². The molecule has 0 aliphatic carbocycles. The van der Waals surface area contributed by atoms with Crippen LogP contribution < -0.4 is 0 Å². The van der Waals surface area contributed by atoms with E-state index in [-0.39, 0.29) is 5.97 Å². The van der Waals surface area contributed by atoms with Crippen molar-refractivity contribution in [3.63, 3.8) is 0 Å². The molecule has 0 aliphatic rings. The first kappa shape index (κ1) is 12.7. The van der Waals surface area contributed by atoms with Crippen molar-refractivity contribution >= 4 is 5.97 Å². The molecule has 1 heterocycles. The Morgan fingerprint density at radius 2 is 2.12 bits per heavy atom. The number of rotatable bonds is 5. The SMILES string of the molecule is CCCCc1nc(C)ccc1C(=O)OCC. The van der Waals surface area contributed by atoms with Crippen LogP contribution in [0.1, 0.15) is 48.4 Å². The lowest BCUT2D eigenvalue weighted by molar-refractivity contribution is 0.0524. The summed E-state index contributed by atoms with van der Waals surface area (Å²) in [5.74, 6) is -0.263. The minimum atomic E-state index is -0.263. The first-order valence-corrected chi connectivity index (χ1v) is 5.82. The zero-order chi connectivity index (χ0) is 12.0. The Morgan fingerprint density at radius 1 is 1.38 bits per heavy atom. The molecule has 1 rings (SSSR count). The highest BCUT2D eigenvalue weighted by Gasteiger charge is 2.13. The monoisotopic (exact) mass is 221 g/mol. The first-order valence-electron chi connectivity index (χ1n) is 5.82. The van der Waals surface area contributed by atoms with Gasteiger partial charge in [-0.15, -0.1) is 0 Å². The quantitative estimate of drug-likeness (QED) is 0.718. The Hall–Kier alpha value is -1.38. The highest BCUT2D eigenvalue weighted by atomic mass is 16.5. The van der Waals surface area contributed by atoms with E-state index >= 15 is 0 Å². The molecule has 16 heavy (non-hydrogen) atoms. The lowest BCUT2D eigenvalue weighted by atomic mass is 10.1. The molecule has 0 spiro atoms. The van der Waals surface area contributed by atoms with E-state index in [1.807, 2.05) is 26.0 Å². The lowest BCUT2D eigenvalue weighted by Crippen LogP contribution is -2.10.